The first-order valence-corrected chi connectivity index (χ1v) is 6.76. The zero-order valence-electron chi connectivity index (χ0n) is 10.5. The van der Waals surface area contributed by atoms with Gasteiger partial charge < -0.3 is 11.1 Å². The molecule has 0 amide bonds. The zero-order valence-corrected chi connectivity index (χ0v) is 11.3. The Bertz CT molecular complexity index is 328. The van der Waals surface area contributed by atoms with Crippen LogP contribution in [0.1, 0.15) is 45.4 Å². The number of pyridine rings is 1. The summed E-state index contributed by atoms with van der Waals surface area (Å²) in [6.45, 7) is 3.15. The van der Waals surface area contributed by atoms with Gasteiger partial charge in [0.2, 0.25) is 0 Å². The number of nitrogens with zero attached hydrogens (tertiary/aromatic N) is 1. The van der Waals surface area contributed by atoms with E-state index in [4.69, 9.17) is 17.3 Å². The van der Waals surface area contributed by atoms with Gasteiger partial charge in [-0.15, -0.1) is 0 Å². The van der Waals surface area contributed by atoms with E-state index in [1.54, 1.807) is 12.3 Å². The first kappa shape index (κ1) is 14.1. The number of hydrogen-bond donors (Lipinski definition) is 2. The van der Waals surface area contributed by atoms with Crippen LogP contribution in [0.3, 0.4) is 0 Å². The van der Waals surface area contributed by atoms with Crippen LogP contribution in [-0.4, -0.2) is 11.5 Å². The Morgan fingerprint density at radius 3 is 2.65 bits per heavy atom. The second-order valence-electron chi connectivity index (χ2n) is 4.29. The van der Waals surface area contributed by atoms with Crippen molar-refractivity contribution in [3.63, 3.8) is 0 Å². The summed E-state index contributed by atoms with van der Waals surface area (Å²) in [6.07, 6.45) is 9.35. The number of rotatable bonds is 8. The SMILES string of the molecule is CCCCCCCCNc1ncc(N)cc1Cl. The fourth-order valence-electron chi connectivity index (χ4n) is 1.69. The molecule has 0 radical (unpaired) electrons. The van der Waals surface area contributed by atoms with Gasteiger partial charge in [0.05, 0.1) is 16.9 Å². The quantitative estimate of drug-likeness (QED) is 0.688. The maximum Gasteiger partial charge on any atom is 0.144 e. The highest BCUT2D eigenvalue weighted by molar-refractivity contribution is 6.33. The Balaban J connectivity index is 2.14. The summed E-state index contributed by atoms with van der Waals surface area (Å²) in [7, 11) is 0. The van der Waals surface area contributed by atoms with Crippen LogP contribution in [0.5, 0.6) is 0 Å². The number of halogens is 1. The molecule has 3 N–H and O–H groups in total. The van der Waals surface area contributed by atoms with Gasteiger partial charge in [0, 0.05) is 6.54 Å². The first-order chi connectivity index (χ1) is 8.24. The predicted octanol–water partition coefficient (Wildman–Crippen LogP) is 4.09. The van der Waals surface area contributed by atoms with E-state index >= 15 is 0 Å². The molecule has 0 aliphatic heterocycles. The molecule has 3 nitrogen and oxygen atoms in total. The van der Waals surface area contributed by atoms with E-state index in [1.165, 1.54) is 32.1 Å². The molecule has 4 heteroatoms. The number of nitrogens with two attached hydrogens (primary N) is 1. The van der Waals surface area contributed by atoms with E-state index in [0.717, 1.165) is 18.8 Å². The molecule has 0 unspecified atom stereocenters. The topological polar surface area (TPSA) is 50.9 Å². The molecular weight excluding hydrogens is 234 g/mol. The van der Waals surface area contributed by atoms with Crippen molar-refractivity contribution in [3.05, 3.63) is 17.3 Å². The minimum Gasteiger partial charge on any atom is -0.397 e. The standard InChI is InChI=1S/C13H22ClN3/c1-2-3-4-5-6-7-8-16-13-12(14)9-11(15)10-17-13/h9-10H,2-8,15H2,1H3,(H,16,17). The second-order valence-corrected chi connectivity index (χ2v) is 4.70. The molecule has 0 saturated heterocycles. The molecule has 0 aliphatic rings. The Labute approximate surface area is 109 Å². The molecule has 0 bridgehead atoms. The van der Waals surface area contributed by atoms with Crippen LogP contribution in [0, 0.1) is 0 Å². The van der Waals surface area contributed by atoms with Crippen molar-refractivity contribution < 1.29 is 0 Å². The number of nitrogens with one attached hydrogen (secondary N) is 1. The summed E-state index contributed by atoms with van der Waals surface area (Å²) >= 11 is 6.01. The first-order valence-electron chi connectivity index (χ1n) is 6.39. The van der Waals surface area contributed by atoms with Gasteiger partial charge in [0.25, 0.3) is 0 Å². The zero-order chi connectivity index (χ0) is 12.5. The minimum absolute atomic E-state index is 0.594. The van der Waals surface area contributed by atoms with Crippen molar-refractivity contribution in [1.29, 1.82) is 0 Å². The molecule has 1 rings (SSSR count). The maximum absolute atomic E-state index is 6.01. The fraction of sp³-hybridized carbons (Fsp3) is 0.615. The van der Waals surface area contributed by atoms with Crippen LogP contribution in [0.25, 0.3) is 0 Å². The fourth-order valence-corrected chi connectivity index (χ4v) is 1.94. The Hall–Kier alpha value is -0.960. The molecule has 0 saturated carbocycles. The summed E-state index contributed by atoms with van der Waals surface area (Å²) in [5.74, 6) is 0.731. The molecule has 1 heterocycles. The highest BCUT2D eigenvalue weighted by atomic mass is 35.5. The lowest BCUT2D eigenvalue weighted by Gasteiger charge is -2.07. The lowest BCUT2D eigenvalue weighted by atomic mass is 10.1. The van der Waals surface area contributed by atoms with Gasteiger partial charge in [-0.25, -0.2) is 4.98 Å². The number of nitrogen functional groups attached to an aromatic ring is 1. The van der Waals surface area contributed by atoms with Crippen molar-refractivity contribution in [3.8, 4) is 0 Å². The maximum atomic E-state index is 6.01. The monoisotopic (exact) mass is 255 g/mol. The summed E-state index contributed by atoms with van der Waals surface area (Å²) in [6, 6.07) is 1.72. The number of unbranched alkanes of at least 4 members (excludes halogenated alkanes) is 5. The average Bonchev–Trinajstić information content (AvgIpc) is 2.30. The number of aromatic nitrogens is 1. The predicted molar refractivity (Wildman–Crippen MR) is 75.5 cm³/mol. The summed E-state index contributed by atoms with van der Waals surface area (Å²) in [4.78, 5) is 4.16. The summed E-state index contributed by atoms with van der Waals surface area (Å²) in [5.41, 5.74) is 6.17. The van der Waals surface area contributed by atoms with Crippen LogP contribution in [-0.2, 0) is 0 Å². The van der Waals surface area contributed by atoms with E-state index < -0.39 is 0 Å². The third kappa shape index (κ3) is 5.78. The van der Waals surface area contributed by atoms with Gasteiger partial charge >= 0.3 is 0 Å². The third-order valence-electron chi connectivity index (χ3n) is 2.69. The normalized spacial score (nSPS) is 10.5. The Morgan fingerprint density at radius 2 is 1.94 bits per heavy atom. The minimum atomic E-state index is 0.594. The number of anilines is 2. The van der Waals surface area contributed by atoms with Crippen LogP contribution in [0.4, 0.5) is 11.5 Å². The van der Waals surface area contributed by atoms with Crippen molar-refractivity contribution >= 4 is 23.1 Å². The largest absolute Gasteiger partial charge is 0.397 e. The molecule has 17 heavy (non-hydrogen) atoms. The Morgan fingerprint density at radius 1 is 1.24 bits per heavy atom. The smallest absolute Gasteiger partial charge is 0.144 e. The number of hydrogen-bond acceptors (Lipinski definition) is 3. The van der Waals surface area contributed by atoms with Crippen molar-refractivity contribution in [2.75, 3.05) is 17.6 Å². The Kier molecular flexibility index (Phi) is 6.78. The molecule has 96 valence electrons. The summed E-state index contributed by atoms with van der Waals surface area (Å²) in [5, 5.41) is 3.83. The van der Waals surface area contributed by atoms with E-state index in [2.05, 4.69) is 17.2 Å². The van der Waals surface area contributed by atoms with Crippen LogP contribution < -0.4 is 11.1 Å². The molecule has 0 atom stereocenters. The van der Waals surface area contributed by atoms with Crippen LogP contribution >= 0.6 is 11.6 Å². The van der Waals surface area contributed by atoms with Gasteiger partial charge in [0.1, 0.15) is 5.82 Å². The average molecular weight is 256 g/mol. The van der Waals surface area contributed by atoms with Gasteiger partial charge in [-0.3, -0.25) is 0 Å². The van der Waals surface area contributed by atoms with E-state index in [0.29, 0.717) is 10.7 Å². The van der Waals surface area contributed by atoms with Gasteiger partial charge in [-0.2, -0.15) is 0 Å². The third-order valence-corrected chi connectivity index (χ3v) is 2.97. The molecule has 0 fully saturated rings. The van der Waals surface area contributed by atoms with E-state index in [9.17, 15) is 0 Å². The lowest BCUT2D eigenvalue weighted by Crippen LogP contribution is -2.04. The van der Waals surface area contributed by atoms with E-state index in [1.807, 2.05) is 0 Å². The molecule has 0 spiro atoms. The van der Waals surface area contributed by atoms with Crippen molar-refractivity contribution in [2.45, 2.75) is 45.4 Å². The lowest BCUT2D eigenvalue weighted by molar-refractivity contribution is 0.617. The molecule has 1 aromatic rings. The molecule has 1 aromatic heterocycles. The van der Waals surface area contributed by atoms with Gasteiger partial charge in [0.15, 0.2) is 0 Å². The second kappa shape index (κ2) is 8.18. The van der Waals surface area contributed by atoms with Crippen LogP contribution in [0.15, 0.2) is 12.3 Å². The van der Waals surface area contributed by atoms with Crippen molar-refractivity contribution in [2.24, 2.45) is 0 Å². The molecule has 0 aromatic carbocycles. The highest BCUT2D eigenvalue weighted by Gasteiger charge is 2.00. The van der Waals surface area contributed by atoms with Gasteiger partial charge in [-0.1, -0.05) is 50.6 Å². The molecule has 0 aliphatic carbocycles. The molecular formula is C13H22ClN3. The van der Waals surface area contributed by atoms with E-state index in [-0.39, 0.29) is 0 Å². The highest BCUT2D eigenvalue weighted by Crippen LogP contribution is 2.20. The van der Waals surface area contributed by atoms with Crippen LogP contribution in [0.2, 0.25) is 5.02 Å². The van der Waals surface area contributed by atoms with Gasteiger partial charge in [-0.05, 0) is 12.5 Å². The summed E-state index contributed by atoms with van der Waals surface area (Å²) < 4.78 is 0. The van der Waals surface area contributed by atoms with Crippen molar-refractivity contribution in [1.82, 2.24) is 4.98 Å².